The lowest BCUT2D eigenvalue weighted by Crippen LogP contribution is -2.38. The van der Waals surface area contributed by atoms with Crippen LogP contribution in [0.5, 0.6) is 5.75 Å². The maximum atomic E-state index is 12.1. The molecule has 124 valence electrons. The fourth-order valence-electron chi connectivity index (χ4n) is 2.33. The van der Waals surface area contributed by atoms with Gasteiger partial charge in [-0.05, 0) is 45.2 Å². The van der Waals surface area contributed by atoms with E-state index in [1.807, 2.05) is 40.7 Å². The molecule has 22 heavy (non-hydrogen) atoms. The number of carbonyl (C=O) groups is 1. The minimum Gasteiger partial charge on any atom is -0.505 e. The summed E-state index contributed by atoms with van der Waals surface area (Å²) >= 11 is 0. The summed E-state index contributed by atoms with van der Waals surface area (Å²) in [5.41, 5.74) is 7.49. The van der Waals surface area contributed by atoms with Gasteiger partial charge in [-0.1, -0.05) is 19.9 Å². The van der Waals surface area contributed by atoms with Crippen LogP contribution in [-0.2, 0) is 17.6 Å². The van der Waals surface area contributed by atoms with Crippen LogP contribution in [-0.4, -0.2) is 34.8 Å². The number of ether oxygens (including phenoxy) is 1. The average Bonchev–Trinajstić information content (AvgIpc) is 2.66. The van der Waals surface area contributed by atoms with Crippen LogP contribution in [0, 0.1) is 0 Å². The minimum atomic E-state index is -0.497. The van der Waals surface area contributed by atoms with Gasteiger partial charge < -0.3 is 20.5 Å². The van der Waals surface area contributed by atoms with Gasteiger partial charge in [-0.25, -0.2) is 4.79 Å². The number of rotatable bonds is 0. The molecule has 1 amide bonds. The largest absolute Gasteiger partial charge is 0.505 e. The highest BCUT2D eigenvalue weighted by Gasteiger charge is 2.25. The minimum absolute atomic E-state index is 0.147. The van der Waals surface area contributed by atoms with Gasteiger partial charge in [0.05, 0.1) is 5.69 Å². The number of nitrogen functional groups attached to an aromatic ring is 1. The molecule has 0 saturated heterocycles. The van der Waals surface area contributed by atoms with Crippen LogP contribution in [0.4, 0.5) is 10.5 Å². The third-order valence-corrected chi connectivity index (χ3v) is 3.35. The Kier molecular flexibility index (Phi) is 6.09. The number of hydrogen-bond acceptors (Lipinski definition) is 4. The van der Waals surface area contributed by atoms with Gasteiger partial charge >= 0.3 is 6.09 Å². The van der Waals surface area contributed by atoms with Crippen LogP contribution in [0.2, 0.25) is 0 Å². The highest BCUT2D eigenvalue weighted by atomic mass is 16.6. The highest BCUT2D eigenvalue weighted by molar-refractivity contribution is 5.68. The monoisotopic (exact) mass is 308 g/mol. The standard InChI is InChI=1S/C15H22N2O3.C2H6/c1-15(2,3)20-14(19)17-8-6-10-4-5-12(16)13(18)11(10)7-9-17;1-2/h4-5,18H,6-9,16H2,1-3H3;1-2H3. The van der Waals surface area contributed by atoms with Crippen molar-refractivity contribution in [2.45, 2.75) is 53.1 Å². The van der Waals surface area contributed by atoms with Gasteiger partial charge in [0, 0.05) is 18.7 Å². The quantitative estimate of drug-likeness (QED) is 0.569. The Labute approximate surface area is 133 Å². The number of nitrogens with zero attached hydrogens (tertiary/aromatic N) is 1. The predicted molar refractivity (Wildman–Crippen MR) is 89.1 cm³/mol. The zero-order valence-corrected chi connectivity index (χ0v) is 14.3. The van der Waals surface area contributed by atoms with E-state index in [9.17, 15) is 9.90 Å². The van der Waals surface area contributed by atoms with Gasteiger partial charge in [0.15, 0.2) is 0 Å². The van der Waals surface area contributed by atoms with Crippen LogP contribution in [0.25, 0.3) is 0 Å². The third-order valence-electron chi connectivity index (χ3n) is 3.35. The van der Waals surface area contributed by atoms with Crippen molar-refractivity contribution in [1.82, 2.24) is 4.90 Å². The molecular weight excluding hydrogens is 280 g/mol. The molecule has 0 bridgehead atoms. The summed E-state index contributed by atoms with van der Waals surface area (Å²) in [6, 6.07) is 3.63. The van der Waals surface area contributed by atoms with E-state index in [2.05, 4.69) is 0 Å². The lowest BCUT2D eigenvalue weighted by molar-refractivity contribution is 0.0258. The smallest absolute Gasteiger partial charge is 0.410 e. The Morgan fingerprint density at radius 1 is 1.23 bits per heavy atom. The molecule has 5 nitrogen and oxygen atoms in total. The van der Waals surface area contributed by atoms with Gasteiger partial charge in [-0.2, -0.15) is 0 Å². The summed E-state index contributed by atoms with van der Waals surface area (Å²) in [5.74, 6) is 0.147. The normalized spacial score (nSPS) is 14.3. The molecular formula is C17H28N2O3. The summed E-state index contributed by atoms with van der Waals surface area (Å²) in [6.07, 6.45) is 0.978. The van der Waals surface area contributed by atoms with Crippen LogP contribution in [0.3, 0.4) is 0 Å². The number of benzene rings is 1. The Balaban J connectivity index is 0.00000116. The second kappa shape index (κ2) is 7.38. The molecule has 1 aliphatic rings. The molecule has 1 aromatic rings. The molecule has 1 aromatic carbocycles. The molecule has 0 atom stereocenters. The first-order chi connectivity index (χ1) is 10.3. The number of phenols is 1. The molecule has 1 aliphatic heterocycles. The van der Waals surface area contributed by atoms with E-state index in [0.29, 0.717) is 31.6 Å². The zero-order valence-electron chi connectivity index (χ0n) is 14.3. The summed E-state index contributed by atoms with van der Waals surface area (Å²) in [5, 5.41) is 10.0. The molecule has 5 heteroatoms. The van der Waals surface area contributed by atoms with Crippen molar-refractivity contribution >= 4 is 11.8 Å². The second-order valence-corrected chi connectivity index (χ2v) is 6.11. The number of amides is 1. The fourth-order valence-corrected chi connectivity index (χ4v) is 2.33. The molecule has 3 N–H and O–H groups in total. The van der Waals surface area contributed by atoms with Gasteiger partial charge in [-0.3, -0.25) is 0 Å². The van der Waals surface area contributed by atoms with Gasteiger partial charge in [0.2, 0.25) is 0 Å². The van der Waals surface area contributed by atoms with E-state index in [1.165, 1.54) is 0 Å². The molecule has 0 radical (unpaired) electrons. The summed E-state index contributed by atoms with van der Waals surface area (Å²) in [7, 11) is 0. The van der Waals surface area contributed by atoms with Crippen molar-refractivity contribution in [3.63, 3.8) is 0 Å². The lowest BCUT2D eigenvalue weighted by atomic mass is 10.0. The van der Waals surface area contributed by atoms with Crippen LogP contribution < -0.4 is 5.73 Å². The lowest BCUT2D eigenvalue weighted by Gasteiger charge is -2.26. The van der Waals surface area contributed by atoms with Crippen LogP contribution >= 0.6 is 0 Å². The SMILES string of the molecule is CC.CC(C)(C)OC(=O)N1CCc2ccc(N)c(O)c2CC1. The zero-order chi connectivity index (χ0) is 16.9. The summed E-state index contributed by atoms with van der Waals surface area (Å²) in [4.78, 5) is 13.8. The highest BCUT2D eigenvalue weighted by Crippen LogP contribution is 2.30. The van der Waals surface area contributed by atoms with Crippen molar-refractivity contribution < 1.29 is 14.6 Å². The first-order valence-corrected chi connectivity index (χ1v) is 7.85. The second-order valence-electron chi connectivity index (χ2n) is 6.11. The number of fused-ring (bicyclic) bond motifs is 1. The Bertz CT molecular complexity index is 521. The molecule has 0 fully saturated rings. The molecule has 0 aromatic heterocycles. The number of phenolic OH excluding ortho intramolecular Hbond substituents is 1. The molecule has 0 spiro atoms. The Hall–Kier alpha value is -1.91. The summed E-state index contributed by atoms with van der Waals surface area (Å²) in [6.45, 7) is 10.7. The molecule has 0 saturated carbocycles. The molecule has 0 aliphatic carbocycles. The van der Waals surface area contributed by atoms with Crippen LogP contribution in [0.15, 0.2) is 12.1 Å². The van der Waals surface area contributed by atoms with Crippen molar-refractivity contribution in [3.8, 4) is 5.75 Å². The van der Waals surface area contributed by atoms with Crippen molar-refractivity contribution in [3.05, 3.63) is 23.3 Å². The number of nitrogens with two attached hydrogens (primary N) is 1. The topological polar surface area (TPSA) is 75.8 Å². The number of anilines is 1. The summed E-state index contributed by atoms with van der Waals surface area (Å²) < 4.78 is 5.39. The van der Waals surface area contributed by atoms with Crippen molar-refractivity contribution in [2.75, 3.05) is 18.8 Å². The Morgan fingerprint density at radius 2 is 1.82 bits per heavy atom. The molecule has 1 heterocycles. The van der Waals surface area contributed by atoms with Gasteiger partial charge in [-0.15, -0.1) is 0 Å². The number of carbonyl (C=O) groups excluding carboxylic acids is 1. The first-order valence-electron chi connectivity index (χ1n) is 7.85. The van der Waals surface area contributed by atoms with E-state index in [-0.39, 0.29) is 11.8 Å². The molecule has 0 unspecified atom stereocenters. The fraction of sp³-hybridized carbons (Fsp3) is 0.588. The predicted octanol–water partition coefficient (Wildman–Crippen LogP) is 3.34. The first kappa shape index (κ1) is 18.1. The van der Waals surface area contributed by atoms with Crippen LogP contribution in [0.1, 0.15) is 45.7 Å². The van der Waals surface area contributed by atoms with Gasteiger partial charge in [0.1, 0.15) is 11.4 Å². The number of aromatic hydroxyl groups is 1. The van der Waals surface area contributed by atoms with E-state index < -0.39 is 5.60 Å². The maximum Gasteiger partial charge on any atom is 0.410 e. The average molecular weight is 308 g/mol. The molecule has 2 rings (SSSR count). The van der Waals surface area contributed by atoms with Crippen molar-refractivity contribution in [2.24, 2.45) is 0 Å². The Morgan fingerprint density at radius 3 is 2.41 bits per heavy atom. The van der Waals surface area contributed by atoms with Crippen molar-refractivity contribution in [1.29, 1.82) is 0 Å². The number of hydrogen-bond donors (Lipinski definition) is 2. The van der Waals surface area contributed by atoms with E-state index in [0.717, 1.165) is 11.1 Å². The van der Waals surface area contributed by atoms with Gasteiger partial charge in [0.25, 0.3) is 0 Å². The third kappa shape index (κ3) is 4.55. The van der Waals surface area contributed by atoms with E-state index in [1.54, 1.807) is 11.0 Å². The van der Waals surface area contributed by atoms with E-state index in [4.69, 9.17) is 10.5 Å². The maximum absolute atomic E-state index is 12.1. The van der Waals surface area contributed by atoms with E-state index >= 15 is 0 Å².